The van der Waals surface area contributed by atoms with Crippen LogP contribution in [0.4, 0.5) is 0 Å². The largest absolute Gasteiger partial charge is 0.490 e. The Morgan fingerprint density at radius 1 is 0.881 bits per heavy atom. The van der Waals surface area contributed by atoms with E-state index in [1.165, 1.54) is 18.4 Å². The van der Waals surface area contributed by atoms with Crippen molar-refractivity contribution in [1.29, 1.82) is 0 Å². The summed E-state index contributed by atoms with van der Waals surface area (Å²) in [6.07, 6.45) is 4.69. The van der Waals surface area contributed by atoms with Gasteiger partial charge in [0.2, 0.25) is 0 Å². The number of primary amides is 1. The van der Waals surface area contributed by atoms with Crippen molar-refractivity contribution in [3.63, 3.8) is 0 Å². The van der Waals surface area contributed by atoms with E-state index in [1.54, 1.807) is 10.6 Å². The van der Waals surface area contributed by atoms with Crippen LogP contribution in [0.15, 0.2) is 93.5 Å². The number of esters is 1. The molecule has 1 aromatic heterocycles. The van der Waals surface area contributed by atoms with E-state index < -0.39 is 17.7 Å². The third-order valence-corrected chi connectivity index (χ3v) is 7.75. The summed E-state index contributed by atoms with van der Waals surface area (Å²) in [5, 5.41) is 14.6. The first-order valence-corrected chi connectivity index (χ1v) is 14.0. The molecule has 0 unspecified atom stereocenters. The molecule has 3 aromatic carbocycles. The third-order valence-electron chi connectivity index (χ3n) is 7.75. The maximum absolute atomic E-state index is 13.6. The Bertz CT molecular complexity index is 1700. The van der Waals surface area contributed by atoms with Gasteiger partial charge in [-0.2, -0.15) is 0 Å². The van der Waals surface area contributed by atoms with Crippen molar-refractivity contribution in [2.45, 2.75) is 63.8 Å². The number of hydrogen-bond acceptors (Lipinski definition) is 8. The molecule has 2 N–H and O–H groups in total. The standard InChI is InChI=1S/C32H32N6O4/c1-31(2,3)23-11-8-20(9-12-23)21-10-17-27-22(18-21)19-28(29(39)42-32(30(33)40)34-36-37-35-32)38(27)24-13-15-26(16-14-24)41-25-6-4-5-7-25/h8-19,25H,4-7H2,1-3H3,(H2,33,40). The van der Waals surface area contributed by atoms with E-state index in [9.17, 15) is 9.59 Å². The number of amides is 1. The maximum Gasteiger partial charge on any atom is 0.421 e. The molecule has 10 heteroatoms. The van der Waals surface area contributed by atoms with Crippen molar-refractivity contribution in [2.75, 3.05) is 0 Å². The summed E-state index contributed by atoms with van der Waals surface area (Å²) in [7, 11) is 0. The van der Waals surface area contributed by atoms with Crippen molar-refractivity contribution in [1.82, 2.24) is 4.57 Å². The molecule has 2 heterocycles. The number of aromatic nitrogens is 1. The Labute approximate surface area is 243 Å². The van der Waals surface area contributed by atoms with Crippen LogP contribution in [0.3, 0.4) is 0 Å². The van der Waals surface area contributed by atoms with E-state index >= 15 is 0 Å². The molecule has 0 spiro atoms. The first-order valence-electron chi connectivity index (χ1n) is 14.0. The predicted octanol–water partition coefficient (Wildman–Crippen LogP) is 7.05. The number of nitrogens with two attached hydrogens (primary N) is 1. The van der Waals surface area contributed by atoms with Crippen LogP contribution in [0.2, 0.25) is 0 Å². The van der Waals surface area contributed by atoms with E-state index in [0.717, 1.165) is 40.6 Å². The molecule has 0 radical (unpaired) electrons. The van der Waals surface area contributed by atoms with Gasteiger partial charge >= 0.3 is 17.7 Å². The van der Waals surface area contributed by atoms with Crippen molar-refractivity contribution < 1.29 is 19.1 Å². The van der Waals surface area contributed by atoms with Gasteiger partial charge in [-0.15, -0.1) is 0 Å². The van der Waals surface area contributed by atoms with E-state index in [2.05, 4.69) is 65.7 Å². The molecule has 1 aliphatic carbocycles. The van der Waals surface area contributed by atoms with Crippen molar-refractivity contribution >= 4 is 22.8 Å². The molecule has 2 aliphatic rings. The molecule has 0 atom stereocenters. The Balaban J connectivity index is 1.40. The molecule has 10 nitrogen and oxygen atoms in total. The van der Waals surface area contributed by atoms with Crippen LogP contribution in [-0.2, 0) is 14.9 Å². The van der Waals surface area contributed by atoms with Crippen molar-refractivity contribution in [3.8, 4) is 22.6 Å². The summed E-state index contributed by atoms with van der Waals surface area (Å²) in [5.74, 6) is -3.52. The molecule has 0 bridgehead atoms. The summed E-state index contributed by atoms with van der Waals surface area (Å²) in [5.41, 5.74) is 10.4. The highest BCUT2D eigenvalue weighted by molar-refractivity contribution is 5.99. The minimum Gasteiger partial charge on any atom is -0.490 e. The zero-order chi connectivity index (χ0) is 29.5. The molecule has 4 aromatic rings. The summed E-state index contributed by atoms with van der Waals surface area (Å²) in [6.45, 7) is 6.55. The molecule has 214 valence electrons. The Morgan fingerprint density at radius 3 is 2.14 bits per heavy atom. The number of benzene rings is 3. The Hall–Kier alpha value is -4.86. The van der Waals surface area contributed by atoms with Crippen LogP contribution in [0.5, 0.6) is 5.75 Å². The minimum atomic E-state index is -2.34. The molecule has 1 saturated carbocycles. The zero-order valence-electron chi connectivity index (χ0n) is 23.8. The average molecular weight is 565 g/mol. The summed E-state index contributed by atoms with van der Waals surface area (Å²) in [4.78, 5) is 25.7. The molecule has 1 aliphatic heterocycles. The van der Waals surface area contributed by atoms with Gasteiger partial charge < -0.3 is 19.8 Å². The van der Waals surface area contributed by atoms with Gasteiger partial charge in [0.05, 0.1) is 11.6 Å². The second-order valence-corrected chi connectivity index (χ2v) is 11.7. The molecule has 42 heavy (non-hydrogen) atoms. The number of hydrogen-bond donors (Lipinski definition) is 1. The molecule has 0 saturated heterocycles. The SMILES string of the molecule is CC(C)(C)c1ccc(-c2ccc3c(c2)cc(C(=O)OC2(C(N)=O)N=NN=N2)n3-c2ccc(OC3CCCC3)cc2)cc1. The van der Waals surface area contributed by atoms with Gasteiger partial charge in [-0.05, 0) is 101 Å². The molecule has 1 amide bonds. The van der Waals surface area contributed by atoms with Crippen LogP contribution in [0.1, 0.15) is 62.5 Å². The van der Waals surface area contributed by atoms with Crippen LogP contribution in [-0.4, -0.2) is 28.4 Å². The number of carbonyl (C=O) groups excluding carboxylic acids is 2. The quantitative estimate of drug-likeness (QED) is 0.241. The molecular formula is C32H32N6O4. The number of carbonyl (C=O) groups is 2. The first-order chi connectivity index (χ1) is 20.1. The lowest BCUT2D eigenvalue weighted by Gasteiger charge is -2.19. The van der Waals surface area contributed by atoms with Crippen LogP contribution in [0, 0.1) is 0 Å². The fourth-order valence-corrected chi connectivity index (χ4v) is 5.41. The number of ether oxygens (including phenoxy) is 2. The van der Waals surface area contributed by atoms with E-state index in [4.69, 9.17) is 15.2 Å². The number of rotatable bonds is 7. The Morgan fingerprint density at radius 2 is 1.52 bits per heavy atom. The van der Waals surface area contributed by atoms with Gasteiger partial charge in [-0.25, -0.2) is 4.79 Å². The lowest BCUT2D eigenvalue weighted by molar-refractivity contribution is -0.136. The van der Waals surface area contributed by atoms with Gasteiger partial charge in [0.1, 0.15) is 11.4 Å². The first kappa shape index (κ1) is 27.3. The highest BCUT2D eigenvalue weighted by Gasteiger charge is 2.46. The van der Waals surface area contributed by atoms with Gasteiger partial charge in [0.15, 0.2) is 0 Å². The van der Waals surface area contributed by atoms with E-state index in [0.29, 0.717) is 5.69 Å². The average Bonchev–Trinajstić information content (AvgIpc) is 3.74. The van der Waals surface area contributed by atoms with Gasteiger partial charge in [-0.3, -0.25) is 4.79 Å². The monoisotopic (exact) mass is 564 g/mol. The van der Waals surface area contributed by atoms with Gasteiger partial charge in [0.25, 0.3) is 0 Å². The molecular weight excluding hydrogens is 532 g/mol. The summed E-state index contributed by atoms with van der Waals surface area (Å²) < 4.78 is 13.3. The van der Waals surface area contributed by atoms with E-state index in [-0.39, 0.29) is 17.2 Å². The highest BCUT2D eigenvalue weighted by atomic mass is 16.6. The van der Waals surface area contributed by atoms with E-state index in [1.807, 2.05) is 42.5 Å². The number of fused-ring (bicyclic) bond motifs is 1. The van der Waals surface area contributed by atoms with Crippen LogP contribution in [0.25, 0.3) is 27.7 Å². The third kappa shape index (κ3) is 5.15. The highest BCUT2D eigenvalue weighted by Crippen LogP contribution is 2.33. The summed E-state index contributed by atoms with van der Waals surface area (Å²) in [6, 6.07) is 23.7. The fourth-order valence-electron chi connectivity index (χ4n) is 5.41. The van der Waals surface area contributed by atoms with Gasteiger partial charge in [0, 0.05) is 11.1 Å². The topological polar surface area (TPSA) is 133 Å². The zero-order valence-corrected chi connectivity index (χ0v) is 23.8. The fraction of sp³-hybridized carbons (Fsp3) is 0.312. The minimum absolute atomic E-state index is 0.0490. The lowest BCUT2D eigenvalue weighted by Crippen LogP contribution is -2.43. The maximum atomic E-state index is 13.6. The van der Waals surface area contributed by atoms with Crippen LogP contribution < -0.4 is 10.5 Å². The molecule has 1 fully saturated rings. The van der Waals surface area contributed by atoms with Crippen molar-refractivity contribution in [2.24, 2.45) is 26.4 Å². The smallest absolute Gasteiger partial charge is 0.421 e. The second-order valence-electron chi connectivity index (χ2n) is 11.7. The second kappa shape index (κ2) is 10.5. The lowest BCUT2D eigenvalue weighted by atomic mass is 9.86. The summed E-state index contributed by atoms with van der Waals surface area (Å²) >= 11 is 0. The normalized spacial score (nSPS) is 16.3. The van der Waals surface area contributed by atoms with Crippen LogP contribution >= 0.6 is 0 Å². The molecule has 6 rings (SSSR count). The van der Waals surface area contributed by atoms with Crippen molar-refractivity contribution in [3.05, 3.63) is 84.1 Å². The predicted molar refractivity (Wildman–Crippen MR) is 157 cm³/mol. The van der Waals surface area contributed by atoms with Gasteiger partial charge in [-0.1, -0.05) is 61.3 Å². The number of nitrogens with zero attached hydrogens (tertiary/aromatic N) is 5. The Kier molecular flexibility index (Phi) is 6.84.